The zero-order chi connectivity index (χ0) is 27.2. The summed E-state index contributed by atoms with van der Waals surface area (Å²) in [5, 5.41) is 25.7. The van der Waals surface area contributed by atoms with Crippen molar-refractivity contribution in [2.24, 2.45) is 34.0 Å². The van der Waals surface area contributed by atoms with Crippen LogP contribution < -0.4 is 5.32 Å². The molecule has 6 nitrogen and oxygen atoms in total. The van der Waals surface area contributed by atoms with Crippen LogP contribution in [0.15, 0.2) is 12.7 Å². The highest BCUT2D eigenvalue weighted by molar-refractivity contribution is 8.00. The molecule has 0 aromatic heterocycles. The molecule has 3 N–H and O–H groups in total. The lowest BCUT2D eigenvalue weighted by Gasteiger charge is -2.61. The Hall–Kier alpha value is -0.890. The number of esters is 1. The number of aliphatic hydroxyl groups excluding tert-OH is 2. The minimum atomic E-state index is -0.658. The third-order valence-electron chi connectivity index (χ3n) is 11.2. The third-order valence-corrected chi connectivity index (χ3v) is 12.6. The van der Waals surface area contributed by atoms with Crippen molar-refractivity contribution in [1.29, 1.82) is 0 Å². The molecule has 4 aliphatic carbocycles. The van der Waals surface area contributed by atoms with Gasteiger partial charge in [-0.1, -0.05) is 40.7 Å². The summed E-state index contributed by atoms with van der Waals surface area (Å²) in [5.41, 5.74) is -1.38. The van der Waals surface area contributed by atoms with Gasteiger partial charge in [0.15, 0.2) is 0 Å². The van der Waals surface area contributed by atoms with Crippen LogP contribution in [0, 0.1) is 34.0 Å². The molecule has 0 unspecified atom stereocenters. The predicted octanol–water partition coefficient (Wildman–Crippen LogP) is 4.52. The average molecular weight is 536 g/mol. The Morgan fingerprint density at radius 1 is 1.22 bits per heavy atom. The number of Topliss-reactive ketones (excluding diaryl/α,β-unsaturated/α-hetero) is 1. The summed E-state index contributed by atoms with van der Waals surface area (Å²) in [6.07, 6.45) is 6.51. The van der Waals surface area contributed by atoms with Crippen LogP contribution in [0.3, 0.4) is 0 Å². The van der Waals surface area contributed by atoms with Crippen LogP contribution in [0.2, 0.25) is 0 Å². The summed E-state index contributed by atoms with van der Waals surface area (Å²) in [6, 6.07) is 0.334. The van der Waals surface area contributed by atoms with E-state index in [1.807, 2.05) is 13.0 Å². The van der Waals surface area contributed by atoms with Crippen molar-refractivity contribution in [2.45, 2.75) is 116 Å². The Morgan fingerprint density at radius 2 is 1.95 bits per heavy atom. The van der Waals surface area contributed by atoms with Crippen LogP contribution >= 0.6 is 11.8 Å². The quantitative estimate of drug-likeness (QED) is 0.326. The topological polar surface area (TPSA) is 95.9 Å². The van der Waals surface area contributed by atoms with Crippen molar-refractivity contribution in [1.82, 2.24) is 5.32 Å². The number of carbonyl (C=O) groups is 2. The van der Waals surface area contributed by atoms with Crippen LogP contribution in [-0.2, 0) is 14.3 Å². The average Bonchev–Trinajstić information content (AvgIpc) is 3.22. The Morgan fingerprint density at radius 3 is 2.59 bits per heavy atom. The van der Waals surface area contributed by atoms with Gasteiger partial charge in [0.1, 0.15) is 11.9 Å². The van der Waals surface area contributed by atoms with Gasteiger partial charge in [-0.05, 0) is 68.7 Å². The number of thioether (sulfide) groups is 1. The molecular formula is C30H49NO5S. The van der Waals surface area contributed by atoms with Gasteiger partial charge in [-0.15, -0.1) is 18.3 Å². The molecule has 0 spiro atoms. The molecule has 0 heterocycles. The molecule has 0 amide bonds. The fraction of sp³-hybridized carbons (Fsp3) is 0.867. The van der Waals surface area contributed by atoms with E-state index < -0.39 is 29.1 Å². The van der Waals surface area contributed by atoms with E-state index in [0.717, 1.165) is 38.6 Å². The van der Waals surface area contributed by atoms with Gasteiger partial charge in [0.25, 0.3) is 0 Å². The van der Waals surface area contributed by atoms with Gasteiger partial charge in [0.05, 0.1) is 18.0 Å². The standard InChI is InChI=1S/C30H49NO5S/c1-7-28(5)16-24(36-25(34)17-37-23-10-9-20(31-8-2)15-22(23)33)29(6)18(3)11-13-30(19(4)27(28)35)14-12-21(32)26(29)30/h7,18-20,22-24,26-27,31,33,35H,1,8-17H2,2-6H3/t18-,19+,20-,22-,23-,24-,26+,27+,28-,29+,30+/m1/s1. The molecule has 4 fully saturated rings. The number of carbonyl (C=O) groups excluding carboxylic acids is 2. The van der Waals surface area contributed by atoms with Gasteiger partial charge in [-0.3, -0.25) is 9.59 Å². The van der Waals surface area contributed by atoms with Crippen LogP contribution in [0.25, 0.3) is 0 Å². The van der Waals surface area contributed by atoms with Crippen LogP contribution in [0.1, 0.15) is 86.0 Å². The number of hydrogen-bond acceptors (Lipinski definition) is 7. The summed E-state index contributed by atoms with van der Waals surface area (Å²) < 4.78 is 6.34. The van der Waals surface area contributed by atoms with E-state index in [2.05, 4.69) is 39.6 Å². The number of rotatable bonds is 7. The van der Waals surface area contributed by atoms with Crippen molar-refractivity contribution in [3.8, 4) is 0 Å². The lowest BCUT2D eigenvalue weighted by molar-refractivity contribution is -0.205. The molecular weight excluding hydrogens is 486 g/mol. The maximum atomic E-state index is 13.5. The number of ketones is 1. The highest BCUT2D eigenvalue weighted by atomic mass is 32.2. The second kappa shape index (κ2) is 10.9. The van der Waals surface area contributed by atoms with E-state index in [-0.39, 0.29) is 45.9 Å². The molecule has 0 saturated heterocycles. The van der Waals surface area contributed by atoms with Crippen molar-refractivity contribution in [3.05, 3.63) is 12.7 Å². The molecule has 0 aromatic carbocycles. The Kier molecular flexibility index (Phi) is 8.60. The highest BCUT2D eigenvalue weighted by Gasteiger charge is 2.68. The molecule has 2 bridgehead atoms. The predicted molar refractivity (Wildman–Crippen MR) is 148 cm³/mol. The fourth-order valence-corrected chi connectivity index (χ4v) is 9.71. The van der Waals surface area contributed by atoms with Gasteiger partial charge >= 0.3 is 5.97 Å². The number of aliphatic hydroxyl groups is 2. The molecule has 4 saturated carbocycles. The second-order valence-electron chi connectivity index (χ2n) is 13.0. The second-order valence-corrected chi connectivity index (χ2v) is 14.3. The molecule has 0 radical (unpaired) electrons. The fourth-order valence-electron chi connectivity index (χ4n) is 8.66. The van der Waals surface area contributed by atoms with E-state index in [1.165, 1.54) is 11.8 Å². The highest BCUT2D eigenvalue weighted by Crippen LogP contribution is 2.68. The summed E-state index contributed by atoms with van der Waals surface area (Å²) in [5.74, 6) is 0.132. The van der Waals surface area contributed by atoms with E-state index in [0.29, 0.717) is 25.3 Å². The maximum absolute atomic E-state index is 13.5. The SMILES string of the molecule is C=C[C@]1(C)C[C@@H](OC(=O)CS[C@@H]2CC[C@@H](NCC)C[C@H]2O)[C@]2(C)[C@H](C)CC[C@]3(CCC(=O)[C@H]32)[C@@H](C)[C@@H]1O. The minimum absolute atomic E-state index is 0.0224. The first kappa shape index (κ1) is 29.1. The summed E-state index contributed by atoms with van der Waals surface area (Å²) in [7, 11) is 0. The Labute approximate surface area is 227 Å². The van der Waals surface area contributed by atoms with Gasteiger partial charge in [0, 0.05) is 34.5 Å². The van der Waals surface area contributed by atoms with Crippen molar-refractivity contribution in [3.63, 3.8) is 0 Å². The maximum Gasteiger partial charge on any atom is 0.316 e. The van der Waals surface area contributed by atoms with Crippen LogP contribution in [-0.4, -0.2) is 63.9 Å². The van der Waals surface area contributed by atoms with Crippen LogP contribution in [0.5, 0.6) is 0 Å². The summed E-state index contributed by atoms with van der Waals surface area (Å²) in [4.78, 5) is 26.9. The largest absolute Gasteiger partial charge is 0.461 e. The number of ether oxygens (including phenoxy) is 1. The molecule has 37 heavy (non-hydrogen) atoms. The lowest BCUT2D eigenvalue weighted by atomic mass is 9.44. The van der Waals surface area contributed by atoms with Crippen molar-refractivity contribution in [2.75, 3.05) is 12.3 Å². The molecule has 0 aromatic rings. The Balaban J connectivity index is 1.56. The van der Waals surface area contributed by atoms with E-state index >= 15 is 0 Å². The van der Waals surface area contributed by atoms with E-state index in [9.17, 15) is 19.8 Å². The van der Waals surface area contributed by atoms with Gasteiger partial charge in [0.2, 0.25) is 0 Å². The Bertz CT molecular complexity index is 882. The first-order chi connectivity index (χ1) is 17.4. The van der Waals surface area contributed by atoms with Gasteiger partial charge in [-0.2, -0.15) is 0 Å². The minimum Gasteiger partial charge on any atom is -0.461 e. The number of hydrogen-bond donors (Lipinski definition) is 3. The first-order valence-electron chi connectivity index (χ1n) is 14.5. The zero-order valence-electron chi connectivity index (χ0n) is 23.5. The monoisotopic (exact) mass is 535 g/mol. The lowest BCUT2D eigenvalue weighted by Crippen LogP contribution is -2.63. The normalized spacial score (nSPS) is 48.0. The smallest absolute Gasteiger partial charge is 0.316 e. The third kappa shape index (κ3) is 4.96. The summed E-state index contributed by atoms with van der Waals surface area (Å²) >= 11 is 1.49. The number of nitrogens with one attached hydrogen (secondary N) is 1. The first-order valence-corrected chi connectivity index (χ1v) is 15.5. The molecule has 210 valence electrons. The summed E-state index contributed by atoms with van der Waals surface area (Å²) in [6.45, 7) is 15.6. The molecule has 0 aliphatic heterocycles. The molecule has 11 atom stereocenters. The van der Waals surface area contributed by atoms with Crippen LogP contribution in [0.4, 0.5) is 0 Å². The van der Waals surface area contributed by atoms with Gasteiger partial charge < -0.3 is 20.3 Å². The van der Waals surface area contributed by atoms with Crippen molar-refractivity contribution < 1.29 is 24.5 Å². The molecule has 4 rings (SSSR count). The molecule has 4 aliphatic rings. The van der Waals surface area contributed by atoms with Crippen molar-refractivity contribution >= 4 is 23.5 Å². The van der Waals surface area contributed by atoms with Gasteiger partial charge in [-0.25, -0.2) is 0 Å². The van der Waals surface area contributed by atoms with E-state index in [1.54, 1.807) is 0 Å². The molecule has 7 heteroatoms. The zero-order valence-corrected chi connectivity index (χ0v) is 24.3. The van der Waals surface area contributed by atoms with E-state index in [4.69, 9.17) is 4.74 Å².